The molecule has 0 aliphatic heterocycles. The molecular weight excluding hydrogens is 313 g/mol. The average molecular weight is 332 g/mol. The molecule has 1 aromatic rings. The number of carbonyl (C=O) groups excluding carboxylic acids is 2. The minimum absolute atomic E-state index is 0. The lowest BCUT2D eigenvalue weighted by atomic mass is 10.1. The largest absolute Gasteiger partial charge is 0.347 e. The van der Waals surface area contributed by atoms with E-state index in [4.69, 9.17) is 17.3 Å². The standard InChI is InChI=1S/C14H18ClN3O2.ClH/c15-10-2-5-12(6-3-10)18-13(19)8-17-14(20)9-1-4-11(16)7-9;/h2-3,5-6,9,11H,1,4,7-8,16H2,(H,17,20)(H,18,19);1H. The number of amides is 2. The van der Waals surface area contributed by atoms with Gasteiger partial charge >= 0.3 is 0 Å². The molecule has 1 aromatic carbocycles. The van der Waals surface area contributed by atoms with Gasteiger partial charge in [0.05, 0.1) is 6.54 Å². The summed E-state index contributed by atoms with van der Waals surface area (Å²) in [6, 6.07) is 6.90. The lowest BCUT2D eigenvalue weighted by Crippen LogP contribution is -2.36. The summed E-state index contributed by atoms with van der Waals surface area (Å²) in [5.74, 6) is -0.416. The van der Waals surface area contributed by atoms with Crippen molar-refractivity contribution >= 4 is 41.5 Å². The second kappa shape index (κ2) is 8.22. The summed E-state index contributed by atoms with van der Waals surface area (Å²) in [5.41, 5.74) is 6.41. The Labute approximate surface area is 135 Å². The fourth-order valence-corrected chi connectivity index (χ4v) is 2.43. The Morgan fingerprint density at radius 3 is 2.48 bits per heavy atom. The van der Waals surface area contributed by atoms with E-state index in [0.29, 0.717) is 17.1 Å². The number of hydrogen-bond donors (Lipinski definition) is 3. The highest BCUT2D eigenvalue weighted by Gasteiger charge is 2.27. The van der Waals surface area contributed by atoms with Gasteiger partial charge in [-0.25, -0.2) is 0 Å². The molecule has 2 atom stereocenters. The molecule has 2 amide bonds. The van der Waals surface area contributed by atoms with Gasteiger partial charge in [0.25, 0.3) is 0 Å². The number of carbonyl (C=O) groups is 2. The monoisotopic (exact) mass is 331 g/mol. The fraction of sp³-hybridized carbons (Fsp3) is 0.429. The van der Waals surface area contributed by atoms with Crippen LogP contribution in [0.4, 0.5) is 5.69 Å². The first-order valence-corrected chi connectivity index (χ1v) is 7.01. The maximum Gasteiger partial charge on any atom is 0.243 e. The Bertz CT molecular complexity index is 493. The first-order valence-electron chi connectivity index (χ1n) is 6.63. The Morgan fingerprint density at radius 1 is 1.24 bits per heavy atom. The van der Waals surface area contributed by atoms with Crippen molar-refractivity contribution in [1.29, 1.82) is 0 Å². The van der Waals surface area contributed by atoms with Gasteiger partial charge < -0.3 is 16.4 Å². The van der Waals surface area contributed by atoms with E-state index in [9.17, 15) is 9.59 Å². The molecule has 4 N–H and O–H groups in total. The van der Waals surface area contributed by atoms with Crippen molar-refractivity contribution in [2.75, 3.05) is 11.9 Å². The molecule has 0 saturated heterocycles. The van der Waals surface area contributed by atoms with Crippen LogP contribution >= 0.6 is 24.0 Å². The molecule has 0 heterocycles. The highest BCUT2D eigenvalue weighted by atomic mass is 35.5. The van der Waals surface area contributed by atoms with Crippen LogP contribution in [0, 0.1) is 5.92 Å². The van der Waals surface area contributed by atoms with Crippen LogP contribution in [0.15, 0.2) is 24.3 Å². The normalized spacial score (nSPS) is 20.5. The summed E-state index contributed by atoms with van der Waals surface area (Å²) in [5, 5.41) is 5.94. The van der Waals surface area contributed by atoms with Crippen LogP contribution in [0.25, 0.3) is 0 Å². The zero-order valence-corrected chi connectivity index (χ0v) is 13.0. The minimum atomic E-state index is -0.261. The van der Waals surface area contributed by atoms with Gasteiger partial charge in [0, 0.05) is 22.7 Å². The third-order valence-electron chi connectivity index (χ3n) is 3.40. The van der Waals surface area contributed by atoms with Gasteiger partial charge in [-0.15, -0.1) is 12.4 Å². The van der Waals surface area contributed by atoms with Crippen LogP contribution in [0.3, 0.4) is 0 Å². The topological polar surface area (TPSA) is 84.2 Å². The maximum absolute atomic E-state index is 11.8. The number of rotatable bonds is 4. The van der Waals surface area contributed by atoms with Crippen LogP contribution < -0.4 is 16.4 Å². The van der Waals surface area contributed by atoms with E-state index in [2.05, 4.69) is 10.6 Å². The van der Waals surface area contributed by atoms with Crippen LogP contribution in [0.5, 0.6) is 0 Å². The molecule has 5 nitrogen and oxygen atoms in total. The highest BCUT2D eigenvalue weighted by molar-refractivity contribution is 6.30. The summed E-state index contributed by atoms with van der Waals surface area (Å²) in [6.07, 6.45) is 2.37. The molecule has 116 valence electrons. The van der Waals surface area contributed by atoms with E-state index in [0.717, 1.165) is 12.8 Å². The van der Waals surface area contributed by atoms with Crippen molar-refractivity contribution in [3.63, 3.8) is 0 Å². The molecule has 2 rings (SSSR count). The lowest BCUT2D eigenvalue weighted by Gasteiger charge is -2.11. The SMILES string of the molecule is Cl.NC1CCC(C(=O)NCC(=O)Nc2ccc(Cl)cc2)C1. The summed E-state index contributed by atoms with van der Waals surface area (Å²) in [6.45, 7) is -0.0345. The quantitative estimate of drug-likeness (QED) is 0.788. The molecule has 0 aromatic heterocycles. The second-order valence-electron chi connectivity index (χ2n) is 5.04. The minimum Gasteiger partial charge on any atom is -0.347 e. The molecule has 7 heteroatoms. The summed E-state index contributed by atoms with van der Waals surface area (Å²) < 4.78 is 0. The Kier molecular flexibility index (Phi) is 6.95. The number of hydrogen-bond acceptors (Lipinski definition) is 3. The molecule has 1 fully saturated rings. The van der Waals surface area contributed by atoms with Crippen molar-refractivity contribution in [3.05, 3.63) is 29.3 Å². The first-order chi connectivity index (χ1) is 9.54. The molecule has 0 bridgehead atoms. The summed E-state index contributed by atoms with van der Waals surface area (Å²) in [7, 11) is 0. The molecule has 0 spiro atoms. The van der Waals surface area contributed by atoms with Gasteiger partial charge in [0.1, 0.15) is 0 Å². The van der Waals surface area contributed by atoms with Crippen LogP contribution in [-0.2, 0) is 9.59 Å². The Balaban J connectivity index is 0.00000220. The van der Waals surface area contributed by atoms with E-state index < -0.39 is 0 Å². The van der Waals surface area contributed by atoms with Crippen molar-refractivity contribution in [2.45, 2.75) is 25.3 Å². The summed E-state index contributed by atoms with van der Waals surface area (Å²) in [4.78, 5) is 23.5. The molecule has 1 aliphatic rings. The van der Waals surface area contributed by atoms with Gasteiger partial charge in [-0.05, 0) is 43.5 Å². The van der Waals surface area contributed by atoms with Crippen molar-refractivity contribution < 1.29 is 9.59 Å². The summed E-state index contributed by atoms with van der Waals surface area (Å²) >= 11 is 5.76. The van der Waals surface area contributed by atoms with Gasteiger partial charge in [-0.3, -0.25) is 9.59 Å². The number of nitrogens with two attached hydrogens (primary N) is 1. The van der Waals surface area contributed by atoms with Crippen molar-refractivity contribution in [1.82, 2.24) is 5.32 Å². The van der Waals surface area contributed by atoms with Crippen LogP contribution in [0.1, 0.15) is 19.3 Å². The van der Waals surface area contributed by atoms with E-state index >= 15 is 0 Å². The van der Waals surface area contributed by atoms with E-state index in [1.165, 1.54) is 0 Å². The number of anilines is 1. The van der Waals surface area contributed by atoms with Crippen molar-refractivity contribution in [2.24, 2.45) is 11.7 Å². The van der Waals surface area contributed by atoms with Crippen molar-refractivity contribution in [3.8, 4) is 0 Å². The zero-order valence-electron chi connectivity index (χ0n) is 11.5. The average Bonchev–Trinajstić information content (AvgIpc) is 2.85. The predicted octanol–water partition coefficient (Wildman–Crippen LogP) is 1.94. The van der Waals surface area contributed by atoms with Gasteiger partial charge in [0.2, 0.25) is 11.8 Å². The molecule has 1 saturated carbocycles. The predicted molar refractivity (Wildman–Crippen MR) is 85.7 cm³/mol. The smallest absolute Gasteiger partial charge is 0.243 e. The van der Waals surface area contributed by atoms with E-state index in [1.807, 2.05) is 0 Å². The first kappa shape index (κ1) is 17.8. The van der Waals surface area contributed by atoms with Gasteiger partial charge in [-0.2, -0.15) is 0 Å². The van der Waals surface area contributed by atoms with Gasteiger partial charge in [0.15, 0.2) is 0 Å². The van der Waals surface area contributed by atoms with E-state index in [-0.39, 0.29) is 42.7 Å². The van der Waals surface area contributed by atoms with Crippen LogP contribution in [0.2, 0.25) is 5.02 Å². The molecular formula is C14H19Cl2N3O2. The van der Waals surface area contributed by atoms with Gasteiger partial charge in [-0.1, -0.05) is 11.6 Å². The third kappa shape index (κ3) is 5.53. The van der Waals surface area contributed by atoms with Crippen LogP contribution in [-0.4, -0.2) is 24.4 Å². The molecule has 21 heavy (non-hydrogen) atoms. The number of nitrogens with one attached hydrogen (secondary N) is 2. The molecule has 1 aliphatic carbocycles. The lowest BCUT2D eigenvalue weighted by molar-refractivity contribution is -0.127. The molecule has 0 radical (unpaired) electrons. The molecule has 2 unspecified atom stereocenters. The third-order valence-corrected chi connectivity index (χ3v) is 3.65. The Hall–Kier alpha value is -1.30. The van der Waals surface area contributed by atoms with E-state index in [1.54, 1.807) is 24.3 Å². The maximum atomic E-state index is 11.8. The Morgan fingerprint density at radius 2 is 1.90 bits per heavy atom. The number of benzene rings is 1. The fourth-order valence-electron chi connectivity index (χ4n) is 2.30. The highest BCUT2D eigenvalue weighted by Crippen LogP contribution is 2.23. The second-order valence-corrected chi connectivity index (χ2v) is 5.48. The zero-order chi connectivity index (χ0) is 14.5. The number of halogens is 2.